The second kappa shape index (κ2) is 12.6. The molecule has 0 spiro atoms. The van der Waals surface area contributed by atoms with Crippen molar-refractivity contribution in [1.82, 2.24) is 39.0 Å². The number of aromatic nitrogens is 8. The molecule has 14 bridgehead atoms. The molecule has 0 saturated carbocycles. The van der Waals surface area contributed by atoms with Crippen LogP contribution in [-0.2, 0) is 50.4 Å². The van der Waals surface area contributed by atoms with Gasteiger partial charge in [-0.2, -0.15) is 9.97 Å². The van der Waals surface area contributed by atoms with Crippen molar-refractivity contribution in [3.05, 3.63) is 36.8 Å². The highest BCUT2D eigenvalue weighted by Gasteiger charge is 2.54. The molecule has 5 aliphatic heterocycles. The van der Waals surface area contributed by atoms with E-state index >= 15 is 8.78 Å². The third kappa shape index (κ3) is 6.14. The summed E-state index contributed by atoms with van der Waals surface area (Å²) in [6, 6.07) is 0. The number of hydrogen-bond donors (Lipinski definition) is 3. The number of anilines is 1. The highest BCUT2D eigenvalue weighted by atomic mass is 32.5. The number of hydrogen-bond acceptors (Lipinski definition) is 16. The number of fused-ring (bicyclic) bond motifs is 10. The Kier molecular flexibility index (Phi) is 8.47. The van der Waals surface area contributed by atoms with Crippen LogP contribution in [0.4, 0.5) is 14.7 Å². The molecule has 49 heavy (non-hydrogen) atoms. The molecule has 3 saturated heterocycles. The van der Waals surface area contributed by atoms with Crippen LogP contribution in [0.3, 0.4) is 0 Å². The summed E-state index contributed by atoms with van der Waals surface area (Å²) in [5.74, 6) is -0.192. The van der Waals surface area contributed by atoms with E-state index in [0.717, 1.165) is 0 Å². The molecule has 19 nitrogen and oxygen atoms in total. The summed E-state index contributed by atoms with van der Waals surface area (Å²) < 4.78 is 87.2. The number of phosphoric ester groups is 1. The summed E-state index contributed by atoms with van der Waals surface area (Å²) in [5, 5.41) is 0. The van der Waals surface area contributed by atoms with Gasteiger partial charge in [0.2, 0.25) is 11.8 Å². The zero-order chi connectivity index (χ0) is 34.1. The van der Waals surface area contributed by atoms with E-state index in [4.69, 9.17) is 49.8 Å². The molecule has 0 amide bonds. The molecule has 4 N–H and O–H groups in total. The Balaban J connectivity index is 1.22. The lowest BCUT2D eigenvalue weighted by molar-refractivity contribution is -0.0623. The first kappa shape index (κ1) is 33.0. The van der Waals surface area contributed by atoms with Crippen LogP contribution in [0.2, 0.25) is 0 Å². The zero-order valence-corrected chi connectivity index (χ0v) is 27.5. The molecular weight excluding hydrogens is 718 g/mol. The molecule has 4 aromatic heterocycles. The Hall–Kier alpha value is -3.14. The number of phosphoric acid groups is 1. The Morgan fingerprint density at radius 2 is 1.55 bits per heavy atom. The topological polar surface area (TPSA) is 235 Å². The number of allylic oxidation sites excluding steroid dienone is 1. The van der Waals surface area contributed by atoms with Crippen LogP contribution in [0, 0.1) is 0 Å². The maximum atomic E-state index is 16.3. The summed E-state index contributed by atoms with van der Waals surface area (Å²) in [6.07, 6.45) is -5.26. The molecule has 262 valence electrons. The van der Waals surface area contributed by atoms with E-state index in [0.29, 0.717) is 24.1 Å². The van der Waals surface area contributed by atoms with Crippen molar-refractivity contribution in [2.24, 2.45) is 0 Å². The second-order valence-corrected chi connectivity index (χ2v) is 15.6. The summed E-state index contributed by atoms with van der Waals surface area (Å²) in [7, 11) is -5.09. The van der Waals surface area contributed by atoms with Crippen molar-refractivity contribution in [2.45, 2.75) is 62.1 Å². The van der Waals surface area contributed by atoms with Gasteiger partial charge in [0.05, 0.1) is 31.6 Å². The fraction of sp³-hybridized carbons (Fsp3) is 0.520. The molecule has 9 rings (SSSR count). The van der Waals surface area contributed by atoms with Gasteiger partial charge in [-0.1, -0.05) is 12.2 Å². The fourth-order valence-corrected chi connectivity index (χ4v) is 8.45. The van der Waals surface area contributed by atoms with Crippen molar-refractivity contribution < 1.29 is 55.4 Å². The van der Waals surface area contributed by atoms with Crippen LogP contribution in [-0.4, -0.2) is 105 Å². The lowest BCUT2D eigenvalue weighted by Crippen LogP contribution is -2.37. The van der Waals surface area contributed by atoms with E-state index in [-0.39, 0.29) is 35.2 Å². The van der Waals surface area contributed by atoms with E-state index in [1.54, 1.807) is 6.08 Å². The Morgan fingerprint density at radius 3 is 2.31 bits per heavy atom. The van der Waals surface area contributed by atoms with Gasteiger partial charge in [0.1, 0.15) is 42.9 Å². The van der Waals surface area contributed by atoms with Crippen LogP contribution in [0.1, 0.15) is 24.6 Å². The highest BCUT2D eigenvalue weighted by molar-refractivity contribution is 8.07. The monoisotopic (exact) mass is 745 g/mol. The first-order valence-corrected chi connectivity index (χ1v) is 18.9. The van der Waals surface area contributed by atoms with Crippen molar-refractivity contribution in [2.75, 3.05) is 25.6 Å². The predicted molar refractivity (Wildman–Crippen MR) is 164 cm³/mol. The van der Waals surface area contributed by atoms with E-state index in [9.17, 15) is 14.4 Å². The van der Waals surface area contributed by atoms with E-state index < -0.39 is 77.0 Å². The van der Waals surface area contributed by atoms with Crippen molar-refractivity contribution in [3.63, 3.8) is 0 Å². The molecular formula is C25H27F2N9O10P2S. The highest BCUT2D eigenvalue weighted by Crippen LogP contribution is 2.54. The summed E-state index contributed by atoms with van der Waals surface area (Å²) in [5.41, 5.74) is 7.26. The molecule has 5 aliphatic rings. The minimum atomic E-state index is -5.09. The van der Waals surface area contributed by atoms with Crippen LogP contribution in [0.25, 0.3) is 22.3 Å². The normalized spacial score (nSPS) is 37.6. The minimum Gasteiger partial charge on any atom is -0.472 e. The van der Waals surface area contributed by atoms with E-state index in [1.165, 1.54) is 28.1 Å². The molecule has 3 fully saturated rings. The van der Waals surface area contributed by atoms with Gasteiger partial charge in [0.15, 0.2) is 41.6 Å². The van der Waals surface area contributed by atoms with Crippen LogP contribution >= 0.6 is 14.5 Å². The molecule has 4 unspecified atom stereocenters. The summed E-state index contributed by atoms with van der Waals surface area (Å²) in [6.45, 7) is -5.75. The van der Waals surface area contributed by atoms with Crippen LogP contribution in [0.5, 0.6) is 5.88 Å². The van der Waals surface area contributed by atoms with Gasteiger partial charge in [0.25, 0.3) is 0 Å². The number of halogens is 2. The van der Waals surface area contributed by atoms with Gasteiger partial charge in [0, 0.05) is 0 Å². The average Bonchev–Trinajstić information content (AvgIpc) is 3.81. The minimum absolute atomic E-state index is 0.0158. The number of nitrogens with zero attached hydrogens (tertiary/aromatic N) is 8. The third-order valence-corrected chi connectivity index (χ3v) is 10.8. The van der Waals surface area contributed by atoms with Gasteiger partial charge < -0.3 is 34.3 Å². The standard InChI is InChI=1S/C25H27F2N9O10P2S/c26-14-18-13-7-42-48(39,49)46-19-12(6-41-47(37,38)45-18)43-24(15(19)27)36-10-32-17-21(36)33-25(28)34-22(17)40-5-3-1-2-4-11-16-20(30-8-29-11)35(9-31-16)23(14)44-13/h1,3,8-10,12-15,18-19,23-24H,2,4-7H2,(H,37,38)(H,39,49)(H2,28,33,34)/b3-1+/t12-,13-,14?,15-,18-,19-,23-,24?,48?/m1/s1. The number of aryl methyl sites for hydroxylation is 1. The number of imidazole rings is 2. The molecule has 0 aliphatic carbocycles. The molecule has 9 heterocycles. The Bertz CT molecular complexity index is 2040. The number of nitrogens with two attached hydrogens (primary N) is 1. The Morgan fingerprint density at radius 1 is 0.878 bits per heavy atom. The van der Waals surface area contributed by atoms with Gasteiger partial charge in [-0.3, -0.25) is 22.7 Å². The molecule has 4 aromatic rings. The molecule has 0 aromatic carbocycles. The lowest BCUT2D eigenvalue weighted by atomic mass is 10.1. The van der Waals surface area contributed by atoms with Crippen molar-refractivity contribution in [3.8, 4) is 5.88 Å². The number of nitrogen functional groups attached to an aromatic ring is 1. The number of rotatable bonds is 0. The smallest absolute Gasteiger partial charge is 0.472 e. The van der Waals surface area contributed by atoms with Crippen LogP contribution in [0.15, 0.2) is 31.1 Å². The molecule has 0 radical (unpaired) electrons. The van der Waals surface area contributed by atoms with Crippen LogP contribution < -0.4 is 10.5 Å². The zero-order valence-electron chi connectivity index (χ0n) is 24.9. The first-order valence-electron chi connectivity index (χ1n) is 14.8. The maximum Gasteiger partial charge on any atom is 0.472 e. The van der Waals surface area contributed by atoms with Gasteiger partial charge in [-0.15, -0.1) is 0 Å². The summed E-state index contributed by atoms with van der Waals surface area (Å²) in [4.78, 5) is 47.2. The average molecular weight is 746 g/mol. The number of ether oxygens (including phenoxy) is 3. The van der Waals surface area contributed by atoms with Gasteiger partial charge in [-0.05, 0) is 24.6 Å². The van der Waals surface area contributed by atoms with E-state index in [1.807, 2.05) is 6.08 Å². The number of alkyl halides is 2. The largest absolute Gasteiger partial charge is 0.472 e. The Labute approximate surface area is 279 Å². The molecule has 10 atom stereocenters. The summed E-state index contributed by atoms with van der Waals surface area (Å²) >= 11 is 5.19. The predicted octanol–water partition coefficient (Wildman–Crippen LogP) is 1.73. The van der Waals surface area contributed by atoms with E-state index in [2.05, 4.69) is 29.9 Å². The lowest BCUT2D eigenvalue weighted by Gasteiger charge is -2.28. The second-order valence-electron chi connectivity index (χ2n) is 11.4. The quantitative estimate of drug-likeness (QED) is 0.172. The SMILES string of the molecule is Nc1nc2c3ncn(c3n1)C1O[C@@H]3COP(=O)(O)O[C@H]4C(F)[C@@H](O[C@@H]4COP(O)(=S)O[C@H]3[C@H]1F)n1cnc3c(ncnc31)CC/C=C/CO2. The van der Waals surface area contributed by atoms with Gasteiger partial charge >= 0.3 is 14.5 Å². The first-order chi connectivity index (χ1) is 23.5. The van der Waals surface area contributed by atoms with Crippen molar-refractivity contribution in [1.29, 1.82) is 0 Å². The van der Waals surface area contributed by atoms with Gasteiger partial charge in [-0.25, -0.2) is 33.3 Å². The van der Waals surface area contributed by atoms with Crippen molar-refractivity contribution >= 4 is 54.6 Å². The molecule has 24 heteroatoms. The third-order valence-electron chi connectivity index (χ3n) is 8.27. The fourth-order valence-electron chi connectivity index (χ4n) is 6.06. The maximum absolute atomic E-state index is 16.3.